The Balaban J connectivity index is 1.52. The van der Waals surface area contributed by atoms with Crippen molar-refractivity contribution in [2.75, 3.05) is 13.1 Å². The lowest BCUT2D eigenvalue weighted by Crippen LogP contribution is -2.32. The van der Waals surface area contributed by atoms with Gasteiger partial charge in [-0.05, 0) is 23.8 Å². The first kappa shape index (κ1) is 19.2. The molecule has 140 valence electrons. The molecule has 0 radical (unpaired) electrons. The maximum atomic E-state index is 12.6. The topological polar surface area (TPSA) is 66.2 Å². The van der Waals surface area contributed by atoms with E-state index >= 15 is 0 Å². The van der Waals surface area contributed by atoms with Gasteiger partial charge in [0.2, 0.25) is 11.8 Å². The van der Waals surface area contributed by atoms with Crippen LogP contribution in [0.2, 0.25) is 0 Å². The zero-order valence-electron chi connectivity index (χ0n) is 15.6. The lowest BCUT2D eigenvalue weighted by atomic mass is 10.1. The number of rotatable bonds is 6. The maximum Gasteiger partial charge on any atom is 0.227 e. The van der Waals surface area contributed by atoms with Crippen LogP contribution in [-0.4, -0.2) is 40.2 Å². The Labute approximate surface area is 164 Å². The van der Waals surface area contributed by atoms with Crippen LogP contribution < -0.4 is 4.74 Å². The molecule has 1 fully saturated rings. The summed E-state index contributed by atoms with van der Waals surface area (Å²) in [5.74, 6) is 0.552. The average molecular weight is 382 g/mol. The zero-order valence-corrected chi connectivity index (χ0v) is 16.4. The summed E-state index contributed by atoms with van der Waals surface area (Å²) in [6, 6.07) is 13.6. The molecule has 2 aromatic rings. The molecule has 0 N–H and O–H groups in total. The first-order valence-corrected chi connectivity index (χ1v) is 9.97. The molecule has 1 aliphatic rings. The van der Waals surface area contributed by atoms with E-state index in [1.807, 2.05) is 28.8 Å². The van der Waals surface area contributed by atoms with Crippen LogP contribution in [0.4, 0.5) is 0 Å². The van der Waals surface area contributed by atoms with Gasteiger partial charge < -0.3 is 9.64 Å². The van der Waals surface area contributed by atoms with Gasteiger partial charge in [-0.1, -0.05) is 26.0 Å². The minimum absolute atomic E-state index is 0.0831. The number of thioether (sulfide) groups is 1. The Hall–Kier alpha value is -2.52. The van der Waals surface area contributed by atoms with Gasteiger partial charge in [-0.15, -0.1) is 11.8 Å². The van der Waals surface area contributed by atoms with E-state index in [2.05, 4.69) is 37.0 Å². The first-order chi connectivity index (χ1) is 13.0. The second kappa shape index (κ2) is 8.92. The number of carbonyl (C=O) groups excluding carboxylic acids is 1. The van der Waals surface area contributed by atoms with E-state index in [0.29, 0.717) is 36.2 Å². The van der Waals surface area contributed by atoms with E-state index in [-0.39, 0.29) is 12.0 Å². The third-order valence-electron chi connectivity index (χ3n) is 4.30. The van der Waals surface area contributed by atoms with Crippen LogP contribution in [0.25, 0.3) is 0 Å². The van der Waals surface area contributed by atoms with Gasteiger partial charge in [-0.25, -0.2) is 4.98 Å². The second-order valence-electron chi connectivity index (χ2n) is 6.85. The molecular weight excluding hydrogens is 358 g/mol. The molecule has 0 bridgehead atoms. The Kier molecular flexibility index (Phi) is 6.36. The van der Waals surface area contributed by atoms with Crippen LogP contribution in [-0.2, 0) is 11.2 Å². The summed E-state index contributed by atoms with van der Waals surface area (Å²) >= 11 is 1.82. The predicted molar refractivity (Wildman–Crippen MR) is 106 cm³/mol. The molecule has 1 unspecified atom stereocenters. The van der Waals surface area contributed by atoms with E-state index in [1.165, 1.54) is 4.90 Å². The van der Waals surface area contributed by atoms with Crippen molar-refractivity contribution in [2.24, 2.45) is 0 Å². The molecule has 1 atom stereocenters. The van der Waals surface area contributed by atoms with Crippen LogP contribution in [0, 0.1) is 11.3 Å². The lowest BCUT2D eigenvalue weighted by Gasteiger charge is -2.17. The van der Waals surface area contributed by atoms with Crippen molar-refractivity contribution in [1.82, 2.24) is 9.88 Å². The summed E-state index contributed by atoms with van der Waals surface area (Å²) < 4.78 is 5.84. The number of ether oxygens (including phenoxy) is 1. The van der Waals surface area contributed by atoms with Gasteiger partial charge in [0.1, 0.15) is 6.10 Å². The molecular formula is C21H23N3O2S. The van der Waals surface area contributed by atoms with Crippen molar-refractivity contribution in [3.8, 4) is 11.9 Å². The highest BCUT2D eigenvalue weighted by Crippen LogP contribution is 2.23. The van der Waals surface area contributed by atoms with Crippen molar-refractivity contribution >= 4 is 17.7 Å². The third kappa shape index (κ3) is 5.48. The molecule has 5 nitrogen and oxygen atoms in total. The summed E-state index contributed by atoms with van der Waals surface area (Å²) in [6.45, 7) is 5.57. The molecule has 2 heterocycles. The average Bonchev–Trinajstić information content (AvgIpc) is 3.12. The SMILES string of the molecule is CC(C)Sc1ccc(CC(=O)N2CCC(Oc3cc(C#N)ccn3)C2)cc1. The molecule has 6 heteroatoms. The normalized spacial score (nSPS) is 16.4. The van der Waals surface area contributed by atoms with Crippen molar-refractivity contribution < 1.29 is 9.53 Å². The number of amides is 1. The number of hydrogen-bond donors (Lipinski definition) is 0. The largest absolute Gasteiger partial charge is 0.472 e. The van der Waals surface area contributed by atoms with Gasteiger partial charge in [-0.2, -0.15) is 5.26 Å². The summed E-state index contributed by atoms with van der Waals surface area (Å²) in [7, 11) is 0. The van der Waals surface area contributed by atoms with Gasteiger partial charge in [0.25, 0.3) is 0 Å². The van der Waals surface area contributed by atoms with E-state index in [4.69, 9.17) is 10.00 Å². The zero-order chi connectivity index (χ0) is 19.2. The number of benzene rings is 1. The predicted octanol–water partition coefficient (Wildman–Crippen LogP) is 3.68. The van der Waals surface area contributed by atoms with Crippen LogP contribution in [0.15, 0.2) is 47.5 Å². The van der Waals surface area contributed by atoms with E-state index in [0.717, 1.165) is 12.0 Å². The monoisotopic (exact) mass is 381 g/mol. The highest BCUT2D eigenvalue weighted by Gasteiger charge is 2.27. The van der Waals surface area contributed by atoms with Crippen molar-refractivity contribution in [1.29, 1.82) is 5.26 Å². The van der Waals surface area contributed by atoms with E-state index in [1.54, 1.807) is 18.3 Å². The fraction of sp³-hybridized carbons (Fsp3) is 0.381. The van der Waals surface area contributed by atoms with Crippen molar-refractivity contribution in [2.45, 2.75) is 42.9 Å². The molecule has 1 amide bonds. The van der Waals surface area contributed by atoms with Gasteiger partial charge in [0, 0.05) is 35.4 Å². The fourth-order valence-corrected chi connectivity index (χ4v) is 3.85. The molecule has 1 saturated heterocycles. The van der Waals surface area contributed by atoms with E-state index < -0.39 is 0 Å². The quantitative estimate of drug-likeness (QED) is 0.714. The van der Waals surface area contributed by atoms with Gasteiger partial charge in [0.15, 0.2) is 0 Å². The van der Waals surface area contributed by atoms with E-state index in [9.17, 15) is 4.79 Å². The maximum absolute atomic E-state index is 12.6. The number of aromatic nitrogens is 1. The molecule has 0 spiro atoms. The summed E-state index contributed by atoms with van der Waals surface area (Å²) in [5, 5.41) is 9.49. The van der Waals surface area contributed by atoms with Crippen LogP contribution >= 0.6 is 11.8 Å². The van der Waals surface area contributed by atoms with Crippen LogP contribution in [0.3, 0.4) is 0 Å². The number of nitriles is 1. The fourth-order valence-electron chi connectivity index (χ4n) is 3.01. The van der Waals surface area contributed by atoms with Crippen molar-refractivity contribution in [3.63, 3.8) is 0 Å². The summed E-state index contributed by atoms with van der Waals surface area (Å²) in [6.07, 6.45) is 2.66. The smallest absolute Gasteiger partial charge is 0.227 e. The highest BCUT2D eigenvalue weighted by atomic mass is 32.2. The standard InChI is InChI=1S/C21H23N3O2S/c1-15(2)27-19-5-3-16(4-6-19)12-21(25)24-10-8-18(14-24)26-20-11-17(13-22)7-9-23-20/h3-7,9,11,15,18H,8,10,12,14H2,1-2H3. The minimum Gasteiger partial charge on any atom is -0.472 e. The molecule has 1 aromatic carbocycles. The molecule has 1 aromatic heterocycles. The number of carbonyl (C=O) groups is 1. The van der Waals surface area contributed by atoms with Gasteiger partial charge >= 0.3 is 0 Å². The Morgan fingerprint density at radius 1 is 1.37 bits per heavy atom. The Bertz CT molecular complexity index is 830. The minimum atomic E-state index is -0.0831. The molecule has 0 saturated carbocycles. The number of likely N-dealkylation sites (tertiary alicyclic amines) is 1. The van der Waals surface area contributed by atoms with Crippen LogP contribution in [0.1, 0.15) is 31.4 Å². The lowest BCUT2D eigenvalue weighted by molar-refractivity contribution is -0.129. The van der Waals surface area contributed by atoms with Gasteiger partial charge in [-0.3, -0.25) is 4.79 Å². The molecule has 1 aliphatic heterocycles. The number of nitrogens with zero attached hydrogens (tertiary/aromatic N) is 3. The van der Waals surface area contributed by atoms with Gasteiger partial charge in [0.05, 0.1) is 24.6 Å². The number of hydrogen-bond acceptors (Lipinski definition) is 5. The second-order valence-corrected chi connectivity index (χ2v) is 8.50. The molecule has 0 aliphatic carbocycles. The number of pyridine rings is 1. The Morgan fingerprint density at radius 3 is 2.85 bits per heavy atom. The summed E-state index contributed by atoms with van der Waals surface area (Å²) in [4.78, 5) is 19.8. The summed E-state index contributed by atoms with van der Waals surface area (Å²) in [5.41, 5.74) is 1.55. The van der Waals surface area contributed by atoms with Crippen molar-refractivity contribution in [3.05, 3.63) is 53.7 Å². The molecule has 3 rings (SSSR count). The third-order valence-corrected chi connectivity index (χ3v) is 5.32. The molecule has 27 heavy (non-hydrogen) atoms. The Morgan fingerprint density at radius 2 is 2.15 bits per heavy atom. The van der Waals surface area contributed by atoms with Crippen LogP contribution in [0.5, 0.6) is 5.88 Å². The highest BCUT2D eigenvalue weighted by molar-refractivity contribution is 7.99. The first-order valence-electron chi connectivity index (χ1n) is 9.09.